The molecule has 110 valence electrons. The highest BCUT2D eigenvalue weighted by Crippen LogP contribution is 2.50. The summed E-state index contributed by atoms with van der Waals surface area (Å²) in [7, 11) is 1.78. The summed E-state index contributed by atoms with van der Waals surface area (Å²) in [5.41, 5.74) is 1.35. The first-order chi connectivity index (χ1) is 9.81. The van der Waals surface area contributed by atoms with E-state index in [1.807, 2.05) is 0 Å². The van der Waals surface area contributed by atoms with Crippen molar-refractivity contribution in [1.29, 1.82) is 0 Å². The Bertz CT molecular complexity index is 445. The minimum Gasteiger partial charge on any atom is -0.496 e. The van der Waals surface area contributed by atoms with Crippen LogP contribution < -0.4 is 10.1 Å². The van der Waals surface area contributed by atoms with Gasteiger partial charge in [-0.15, -0.1) is 0 Å². The molecule has 2 nitrogen and oxygen atoms in total. The van der Waals surface area contributed by atoms with E-state index in [9.17, 15) is 0 Å². The zero-order valence-corrected chi connectivity index (χ0v) is 12.8. The monoisotopic (exact) mass is 273 g/mol. The molecule has 0 heterocycles. The lowest BCUT2D eigenvalue weighted by atomic mass is 9.81. The predicted octanol–water partition coefficient (Wildman–Crippen LogP) is 3.65. The van der Waals surface area contributed by atoms with Gasteiger partial charge >= 0.3 is 0 Å². The van der Waals surface area contributed by atoms with Gasteiger partial charge in [-0.3, -0.25) is 0 Å². The molecular formula is C18H27NO. The van der Waals surface area contributed by atoms with Crippen molar-refractivity contribution < 1.29 is 4.74 Å². The third-order valence-corrected chi connectivity index (χ3v) is 5.41. The molecule has 2 saturated carbocycles. The van der Waals surface area contributed by atoms with Crippen molar-refractivity contribution in [3.05, 3.63) is 29.8 Å². The number of fused-ring (bicyclic) bond motifs is 2. The second-order valence-corrected chi connectivity index (χ2v) is 6.52. The lowest BCUT2D eigenvalue weighted by Gasteiger charge is -2.31. The lowest BCUT2D eigenvalue weighted by molar-refractivity contribution is 0.247. The van der Waals surface area contributed by atoms with Crippen LogP contribution in [0.4, 0.5) is 0 Å². The quantitative estimate of drug-likeness (QED) is 0.854. The number of ether oxygens (including phenoxy) is 1. The first kappa shape index (κ1) is 13.9. The summed E-state index contributed by atoms with van der Waals surface area (Å²) < 4.78 is 5.52. The molecule has 3 rings (SSSR count). The van der Waals surface area contributed by atoms with E-state index in [-0.39, 0.29) is 0 Å². The summed E-state index contributed by atoms with van der Waals surface area (Å²) in [4.78, 5) is 0. The normalized spacial score (nSPS) is 29.6. The Labute approximate surface area is 122 Å². The number of benzene rings is 1. The minimum absolute atomic E-state index is 0.617. The molecule has 0 radical (unpaired) electrons. The van der Waals surface area contributed by atoms with Gasteiger partial charge in [0, 0.05) is 6.04 Å². The largest absolute Gasteiger partial charge is 0.496 e. The van der Waals surface area contributed by atoms with Crippen LogP contribution in [0.3, 0.4) is 0 Å². The average Bonchev–Trinajstić information content (AvgIpc) is 3.10. The average molecular weight is 273 g/mol. The fraction of sp³-hybridized carbons (Fsp3) is 0.667. The standard InChI is InChI=1S/C18H27NO/c1-3-19-17(16-11-13-8-9-14(16)10-13)12-15-6-4-5-7-18(15)20-2/h4-7,13-14,16-17,19H,3,8-12H2,1-2H3. The molecular weight excluding hydrogens is 246 g/mol. The van der Waals surface area contributed by atoms with Crippen LogP contribution in [-0.4, -0.2) is 19.7 Å². The molecule has 0 amide bonds. The Morgan fingerprint density at radius 2 is 2.10 bits per heavy atom. The van der Waals surface area contributed by atoms with Crippen molar-refractivity contribution in [1.82, 2.24) is 5.32 Å². The molecule has 2 bridgehead atoms. The Hall–Kier alpha value is -1.02. The van der Waals surface area contributed by atoms with E-state index in [1.54, 1.807) is 7.11 Å². The van der Waals surface area contributed by atoms with E-state index in [0.717, 1.165) is 36.5 Å². The maximum atomic E-state index is 5.52. The van der Waals surface area contributed by atoms with Crippen molar-refractivity contribution in [2.75, 3.05) is 13.7 Å². The third kappa shape index (κ3) is 2.71. The van der Waals surface area contributed by atoms with Crippen molar-refractivity contribution in [2.24, 2.45) is 17.8 Å². The molecule has 1 aromatic rings. The number of rotatable bonds is 6. The van der Waals surface area contributed by atoms with Crippen LogP contribution in [0.2, 0.25) is 0 Å². The van der Waals surface area contributed by atoms with Crippen LogP contribution in [0, 0.1) is 17.8 Å². The van der Waals surface area contributed by atoms with Crippen molar-refractivity contribution >= 4 is 0 Å². The maximum Gasteiger partial charge on any atom is 0.122 e. The predicted molar refractivity (Wildman–Crippen MR) is 83.1 cm³/mol. The first-order valence-electron chi connectivity index (χ1n) is 8.17. The highest BCUT2D eigenvalue weighted by atomic mass is 16.5. The maximum absolute atomic E-state index is 5.52. The number of hydrogen-bond acceptors (Lipinski definition) is 2. The Kier molecular flexibility index (Phi) is 4.30. The SMILES string of the molecule is CCNC(Cc1ccccc1OC)C1CC2CCC1C2. The molecule has 1 aromatic carbocycles. The van der Waals surface area contributed by atoms with Crippen LogP contribution >= 0.6 is 0 Å². The molecule has 4 unspecified atom stereocenters. The van der Waals surface area contributed by atoms with Gasteiger partial charge in [-0.25, -0.2) is 0 Å². The van der Waals surface area contributed by atoms with Crippen LogP contribution in [0.1, 0.15) is 38.2 Å². The lowest BCUT2D eigenvalue weighted by Crippen LogP contribution is -2.40. The Morgan fingerprint density at radius 1 is 1.25 bits per heavy atom. The van der Waals surface area contributed by atoms with Gasteiger partial charge in [0.15, 0.2) is 0 Å². The van der Waals surface area contributed by atoms with E-state index in [2.05, 4.69) is 36.5 Å². The number of nitrogens with one attached hydrogen (secondary N) is 1. The van der Waals surface area contributed by atoms with Gasteiger partial charge in [-0.1, -0.05) is 31.5 Å². The van der Waals surface area contributed by atoms with Crippen LogP contribution in [0.5, 0.6) is 5.75 Å². The smallest absolute Gasteiger partial charge is 0.122 e. The molecule has 1 N–H and O–H groups in total. The Balaban J connectivity index is 1.74. The molecule has 2 fully saturated rings. The van der Waals surface area contributed by atoms with Gasteiger partial charge in [0.2, 0.25) is 0 Å². The highest BCUT2D eigenvalue weighted by Gasteiger charge is 2.42. The van der Waals surface area contributed by atoms with Gasteiger partial charge in [0.05, 0.1) is 7.11 Å². The van der Waals surface area contributed by atoms with Gasteiger partial charge < -0.3 is 10.1 Å². The number of likely N-dealkylation sites (N-methyl/N-ethyl adjacent to an activating group) is 1. The molecule has 0 spiro atoms. The van der Waals surface area contributed by atoms with Crippen LogP contribution in [0.15, 0.2) is 24.3 Å². The molecule has 2 aliphatic rings. The number of methoxy groups -OCH3 is 1. The van der Waals surface area contributed by atoms with E-state index in [1.165, 1.54) is 31.2 Å². The van der Waals surface area contributed by atoms with E-state index < -0.39 is 0 Å². The third-order valence-electron chi connectivity index (χ3n) is 5.41. The second kappa shape index (κ2) is 6.17. The molecule has 4 atom stereocenters. The molecule has 0 aliphatic heterocycles. The number of hydrogen-bond donors (Lipinski definition) is 1. The summed E-state index contributed by atoms with van der Waals surface area (Å²) in [6.07, 6.45) is 6.97. The summed E-state index contributed by atoms with van der Waals surface area (Å²) >= 11 is 0. The summed E-state index contributed by atoms with van der Waals surface area (Å²) in [5, 5.41) is 3.75. The number of para-hydroxylation sites is 1. The summed E-state index contributed by atoms with van der Waals surface area (Å²) in [6, 6.07) is 9.10. The first-order valence-corrected chi connectivity index (χ1v) is 8.17. The fourth-order valence-corrected chi connectivity index (χ4v) is 4.53. The van der Waals surface area contributed by atoms with Gasteiger partial charge in [-0.2, -0.15) is 0 Å². The fourth-order valence-electron chi connectivity index (χ4n) is 4.53. The second-order valence-electron chi connectivity index (χ2n) is 6.52. The molecule has 0 aromatic heterocycles. The van der Waals surface area contributed by atoms with Gasteiger partial charge in [-0.05, 0) is 61.6 Å². The molecule has 20 heavy (non-hydrogen) atoms. The van der Waals surface area contributed by atoms with Crippen LogP contribution in [-0.2, 0) is 6.42 Å². The topological polar surface area (TPSA) is 21.3 Å². The summed E-state index contributed by atoms with van der Waals surface area (Å²) in [5.74, 6) is 3.90. The van der Waals surface area contributed by atoms with Crippen LogP contribution in [0.25, 0.3) is 0 Å². The highest BCUT2D eigenvalue weighted by molar-refractivity contribution is 5.34. The molecule has 2 aliphatic carbocycles. The summed E-state index contributed by atoms with van der Waals surface area (Å²) in [6.45, 7) is 3.29. The molecule has 2 heteroatoms. The van der Waals surface area contributed by atoms with Crippen molar-refractivity contribution in [2.45, 2.75) is 45.1 Å². The minimum atomic E-state index is 0.617. The van der Waals surface area contributed by atoms with E-state index in [0.29, 0.717) is 6.04 Å². The zero-order chi connectivity index (χ0) is 13.9. The van der Waals surface area contributed by atoms with Crippen molar-refractivity contribution in [3.8, 4) is 5.75 Å². The van der Waals surface area contributed by atoms with Gasteiger partial charge in [0.25, 0.3) is 0 Å². The zero-order valence-electron chi connectivity index (χ0n) is 12.8. The van der Waals surface area contributed by atoms with Gasteiger partial charge in [0.1, 0.15) is 5.75 Å². The Morgan fingerprint density at radius 3 is 2.75 bits per heavy atom. The van der Waals surface area contributed by atoms with E-state index >= 15 is 0 Å². The van der Waals surface area contributed by atoms with E-state index in [4.69, 9.17) is 4.74 Å². The molecule has 0 saturated heterocycles. The van der Waals surface area contributed by atoms with Crippen molar-refractivity contribution in [3.63, 3.8) is 0 Å².